The van der Waals surface area contributed by atoms with Gasteiger partial charge in [-0.3, -0.25) is 25.4 Å². The Bertz CT molecular complexity index is 797. The molecule has 130 valence electrons. The molecular weight excluding hydrogens is 344 g/mol. The number of phenols is 1. The summed E-state index contributed by atoms with van der Waals surface area (Å²) in [6.45, 7) is 0.387. The largest absolute Gasteiger partial charge is 0.504 e. The van der Waals surface area contributed by atoms with Crippen LogP contribution in [-0.2, 0) is 0 Å². The molecule has 1 aliphatic rings. The molecule has 1 aromatic heterocycles. The average Bonchev–Trinajstić information content (AvgIpc) is 3.39. The van der Waals surface area contributed by atoms with Crippen molar-refractivity contribution in [3.05, 3.63) is 57.9 Å². The zero-order chi connectivity index (χ0) is 17.8. The molecule has 0 saturated carbocycles. The SMILES string of the molecule is COc1cccc(C=NCNC2SC2c2ccc([N+](=O)[O-])cn2)c1O. The Morgan fingerprint density at radius 2 is 2.32 bits per heavy atom. The maximum Gasteiger partial charge on any atom is 0.287 e. The number of benzene rings is 1. The van der Waals surface area contributed by atoms with Crippen LogP contribution in [0.1, 0.15) is 16.5 Å². The van der Waals surface area contributed by atoms with E-state index < -0.39 is 4.92 Å². The smallest absolute Gasteiger partial charge is 0.287 e. The van der Waals surface area contributed by atoms with Gasteiger partial charge in [0, 0.05) is 17.8 Å². The van der Waals surface area contributed by atoms with Crippen LogP contribution in [0, 0.1) is 10.1 Å². The first kappa shape index (κ1) is 17.2. The number of thioether (sulfide) groups is 1. The summed E-state index contributed by atoms with van der Waals surface area (Å²) in [5.74, 6) is 0.460. The summed E-state index contributed by atoms with van der Waals surface area (Å²) in [5, 5.41) is 24.2. The van der Waals surface area contributed by atoms with Gasteiger partial charge in [0.15, 0.2) is 11.5 Å². The quantitative estimate of drug-likeness (QED) is 0.338. The minimum absolute atomic E-state index is 0.0124. The van der Waals surface area contributed by atoms with E-state index in [-0.39, 0.29) is 22.1 Å². The van der Waals surface area contributed by atoms with Gasteiger partial charge >= 0.3 is 0 Å². The number of aromatic hydroxyl groups is 1. The van der Waals surface area contributed by atoms with Crippen molar-refractivity contribution in [1.82, 2.24) is 10.3 Å². The van der Waals surface area contributed by atoms with E-state index in [9.17, 15) is 15.2 Å². The van der Waals surface area contributed by atoms with Crippen molar-refractivity contribution in [1.29, 1.82) is 0 Å². The number of hydrogen-bond donors (Lipinski definition) is 2. The number of nitrogens with zero attached hydrogens (tertiary/aromatic N) is 3. The first-order valence-electron chi connectivity index (χ1n) is 7.45. The fourth-order valence-corrected chi connectivity index (χ4v) is 3.17. The summed E-state index contributed by atoms with van der Waals surface area (Å²) in [7, 11) is 1.49. The van der Waals surface area contributed by atoms with Crippen LogP contribution in [0.3, 0.4) is 0 Å². The summed E-state index contributed by atoms with van der Waals surface area (Å²) in [5.41, 5.74) is 1.38. The molecule has 0 spiro atoms. The Kier molecular flexibility index (Phi) is 5.15. The number of nitro groups is 1. The second-order valence-corrected chi connectivity index (χ2v) is 6.54. The molecule has 25 heavy (non-hydrogen) atoms. The molecule has 0 amide bonds. The number of para-hydroxylation sites is 1. The first-order valence-corrected chi connectivity index (χ1v) is 8.39. The lowest BCUT2D eigenvalue weighted by Crippen LogP contribution is -2.17. The van der Waals surface area contributed by atoms with E-state index in [1.54, 1.807) is 42.2 Å². The van der Waals surface area contributed by atoms with E-state index in [1.807, 2.05) is 0 Å². The van der Waals surface area contributed by atoms with Gasteiger partial charge in [-0.25, -0.2) is 0 Å². The Hall–Kier alpha value is -2.65. The Labute approximate surface area is 148 Å². The third-order valence-corrected chi connectivity index (χ3v) is 4.85. The van der Waals surface area contributed by atoms with Crippen molar-refractivity contribution in [3.63, 3.8) is 0 Å². The summed E-state index contributed by atoms with van der Waals surface area (Å²) < 4.78 is 5.05. The summed E-state index contributed by atoms with van der Waals surface area (Å²) >= 11 is 1.67. The molecule has 0 bridgehead atoms. The van der Waals surface area contributed by atoms with Crippen molar-refractivity contribution in [3.8, 4) is 11.5 Å². The van der Waals surface area contributed by atoms with Gasteiger partial charge in [0.25, 0.3) is 5.69 Å². The number of ether oxygens (including phenoxy) is 1. The van der Waals surface area contributed by atoms with Crippen molar-refractivity contribution in [2.45, 2.75) is 10.6 Å². The zero-order valence-electron chi connectivity index (χ0n) is 13.3. The molecule has 9 heteroatoms. The van der Waals surface area contributed by atoms with Gasteiger partial charge in [-0.15, -0.1) is 11.8 Å². The number of methoxy groups -OCH3 is 1. The van der Waals surface area contributed by atoms with E-state index >= 15 is 0 Å². The maximum absolute atomic E-state index is 10.6. The molecule has 1 aliphatic heterocycles. The van der Waals surface area contributed by atoms with Crippen LogP contribution in [0.15, 0.2) is 41.5 Å². The fourth-order valence-electron chi connectivity index (χ4n) is 2.26. The Balaban J connectivity index is 1.50. The van der Waals surface area contributed by atoms with Crippen LogP contribution in [-0.4, -0.2) is 40.4 Å². The molecule has 1 aromatic carbocycles. The summed E-state index contributed by atoms with van der Waals surface area (Å²) in [6, 6.07) is 8.34. The molecular formula is C16H16N4O4S. The highest BCUT2D eigenvalue weighted by molar-refractivity contribution is 8.07. The van der Waals surface area contributed by atoms with Gasteiger partial charge in [0.1, 0.15) is 6.20 Å². The van der Waals surface area contributed by atoms with E-state index in [4.69, 9.17) is 4.74 Å². The summed E-state index contributed by atoms with van der Waals surface area (Å²) in [6.07, 6.45) is 2.85. The molecule has 0 radical (unpaired) electrons. The lowest BCUT2D eigenvalue weighted by atomic mass is 10.2. The van der Waals surface area contributed by atoms with E-state index in [0.717, 1.165) is 5.69 Å². The summed E-state index contributed by atoms with van der Waals surface area (Å²) in [4.78, 5) is 18.5. The van der Waals surface area contributed by atoms with Crippen LogP contribution in [0.2, 0.25) is 0 Å². The van der Waals surface area contributed by atoms with Crippen molar-refractivity contribution >= 4 is 23.7 Å². The fraction of sp³-hybridized carbons (Fsp3) is 0.250. The van der Waals surface area contributed by atoms with Gasteiger partial charge in [-0.05, 0) is 18.2 Å². The van der Waals surface area contributed by atoms with Gasteiger partial charge in [-0.2, -0.15) is 0 Å². The van der Waals surface area contributed by atoms with Gasteiger partial charge < -0.3 is 9.84 Å². The number of nitrogens with one attached hydrogen (secondary N) is 1. The highest BCUT2D eigenvalue weighted by Gasteiger charge is 2.40. The van der Waals surface area contributed by atoms with Crippen LogP contribution in [0.25, 0.3) is 0 Å². The van der Waals surface area contributed by atoms with E-state index in [1.165, 1.54) is 19.4 Å². The molecule has 2 heterocycles. The third-order valence-electron chi connectivity index (χ3n) is 3.63. The second kappa shape index (κ2) is 7.49. The number of aromatic nitrogens is 1. The van der Waals surface area contributed by atoms with Crippen LogP contribution in [0.4, 0.5) is 5.69 Å². The van der Waals surface area contributed by atoms with Crippen molar-refractivity contribution in [2.24, 2.45) is 4.99 Å². The Morgan fingerprint density at radius 3 is 3.00 bits per heavy atom. The predicted octanol–water partition coefficient (Wildman–Crippen LogP) is 2.48. The lowest BCUT2D eigenvalue weighted by Gasteiger charge is -2.05. The number of hydrogen-bond acceptors (Lipinski definition) is 8. The molecule has 3 rings (SSSR count). The first-order chi connectivity index (χ1) is 12.1. The molecule has 2 N–H and O–H groups in total. The molecule has 8 nitrogen and oxygen atoms in total. The maximum atomic E-state index is 10.6. The van der Waals surface area contributed by atoms with Crippen LogP contribution < -0.4 is 10.1 Å². The van der Waals surface area contributed by atoms with Crippen molar-refractivity contribution in [2.75, 3.05) is 13.8 Å². The third kappa shape index (κ3) is 4.06. The Morgan fingerprint density at radius 1 is 1.48 bits per heavy atom. The number of pyridine rings is 1. The monoisotopic (exact) mass is 360 g/mol. The van der Waals surface area contributed by atoms with E-state index in [2.05, 4.69) is 15.3 Å². The predicted molar refractivity (Wildman–Crippen MR) is 95.3 cm³/mol. The minimum atomic E-state index is -0.463. The topological polar surface area (TPSA) is 110 Å². The molecule has 1 fully saturated rings. The van der Waals surface area contributed by atoms with E-state index in [0.29, 0.717) is 18.0 Å². The minimum Gasteiger partial charge on any atom is -0.504 e. The number of aliphatic imine (C=N–C) groups is 1. The van der Waals surface area contributed by atoms with Crippen LogP contribution >= 0.6 is 11.8 Å². The van der Waals surface area contributed by atoms with Gasteiger partial charge in [-0.1, -0.05) is 6.07 Å². The van der Waals surface area contributed by atoms with Crippen molar-refractivity contribution < 1.29 is 14.8 Å². The normalized spacial score (nSPS) is 19.1. The highest BCUT2D eigenvalue weighted by atomic mass is 32.2. The highest BCUT2D eigenvalue weighted by Crippen LogP contribution is 2.52. The second-order valence-electron chi connectivity index (χ2n) is 5.25. The molecule has 0 aliphatic carbocycles. The number of phenolic OH excluding ortho intramolecular Hbond substituents is 1. The molecule has 2 atom stereocenters. The standard InChI is InChI=1S/C16H16N4O4S/c1-24-13-4-2-3-10(14(13)21)7-17-9-19-16-15(25-16)12-6-5-11(8-18-12)20(22)23/h2-8,15-16,19,21H,9H2,1H3. The molecule has 1 saturated heterocycles. The average molecular weight is 360 g/mol. The van der Waals surface area contributed by atoms with Gasteiger partial charge in [0.05, 0.1) is 35.0 Å². The van der Waals surface area contributed by atoms with Crippen LogP contribution in [0.5, 0.6) is 11.5 Å². The lowest BCUT2D eigenvalue weighted by molar-refractivity contribution is -0.385. The van der Waals surface area contributed by atoms with Gasteiger partial charge in [0.2, 0.25) is 0 Å². The number of rotatable bonds is 7. The zero-order valence-corrected chi connectivity index (χ0v) is 14.1. The molecule has 2 aromatic rings. The molecule has 2 unspecified atom stereocenters.